The molecular formula is C11H14N6O2. The summed E-state index contributed by atoms with van der Waals surface area (Å²) < 4.78 is 0. The van der Waals surface area contributed by atoms with Crippen LogP contribution in [0.5, 0.6) is 0 Å². The van der Waals surface area contributed by atoms with Crippen LogP contribution >= 0.6 is 0 Å². The number of aromatic nitrogens is 2. The highest BCUT2D eigenvalue weighted by molar-refractivity contribution is 5.92. The number of H-pyrrole nitrogens is 1. The van der Waals surface area contributed by atoms with E-state index in [1.807, 2.05) is 0 Å². The highest BCUT2D eigenvalue weighted by atomic mass is 16.2. The molecular weight excluding hydrogens is 248 g/mol. The Balaban J connectivity index is 2.44. The number of amides is 2. The van der Waals surface area contributed by atoms with E-state index in [0.29, 0.717) is 11.4 Å². The maximum atomic E-state index is 11.1. The van der Waals surface area contributed by atoms with Gasteiger partial charge >= 0.3 is 0 Å². The molecule has 1 heterocycles. The van der Waals surface area contributed by atoms with Gasteiger partial charge in [0.1, 0.15) is 0 Å². The minimum atomic E-state index is -0.578. The smallest absolute Gasteiger partial charge is 0.236 e. The molecule has 0 fully saturated rings. The maximum absolute atomic E-state index is 11.1. The van der Waals surface area contributed by atoms with Crippen LogP contribution in [0.2, 0.25) is 0 Å². The highest BCUT2D eigenvalue weighted by Crippen LogP contribution is 2.27. The van der Waals surface area contributed by atoms with Gasteiger partial charge in [-0.2, -0.15) is 5.10 Å². The second-order valence-electron chi connectivity index (χ2n) is 4.16. The molecule has 7 N–H and O–H groups in total. The Morgan fingerprint density at radius 1 is 1.21 bits per heavy atom. The largest absolute Gasteiger partial charge is 0.397 e. The molecule has 0 saturated heterocycles. The minimum Gasteiger partial charge on any atom is -0.397 e. The molecule has 0 aliphatic heterocycles. The molecule has 0 radical (unpaired) electrons. The number of fused-ring (bicyclic) bond motifs is 1. The van der Waals surface area contributed by atoms with Crippen LogP contribution in [-0.2, 0) is 9.59 Å². The number of nitrogen functional groups attached to an aromatic ring is 1. The number of nitrogens with one attached hydrogen (secondary N) is 1. The lowest BCUT2D eigenvalue weighted by Crippen LogP contribution is -2.40. The zero-order valence-electron chi connectivity index (χ0n) is 10.1. The summed E-state index contributed by atoms with van der Waals surface area (Å²) in [7, 11) is 0. The van der Waals surface area contributed by atoms with E-state index in [1.165, 1.54) is 4.90 Å². The van der Waals surface area contributed by atoms with Crippen LogP contribution in [0.3, 0.4) is 0 Å². The molecule has 100 valence electrons. The van der Waals surface area contributed by atoms with Gasteiger partial charge in [0, 0.05) is 5.39 Å². The predicted molar refractivity (Wildman–Crippen MR) is 71.1 cm³/mol. The maximum Gasteiger partial charge on any atom is 0.236 e. The third-order valence-corrected chi connectivity index (χ3v) is 2.62. The van der Waals surface area contributed by atoms with Crippen molar-refractivity contribution in [1.82, 2.24) is 10.2 Å². The molecule has 2 rings (SSSR count). The summed E-state index contributed by atoms with van der Waals surface area (Å²) >= 11 is 0. The quantitative estimate of drug-likeness (QED) is 0.507. The monoisotopic (exact) mass is 262 g/mol. The van der Waals surface area contributed by atoms with E-state index in [1.54, 1.807) is 18.3 Å². The second-order valence-corrected chi connectivity index (χ2v) is 4.16. The normalized spacial score (nSPS) is 10.5. The lowest BCUT2D eigenvalue weighted by atomic mass is 10.2. The summed E-state index contributed by atoms with van der Waals surface area (Å²) in [5.74, 6) is -1.16. The van der Waals surface area contributed by atoms with Crippen LogP contribution in [0.1, 0.15) is 0 Å². The first-order chi connectivity index (χ1) is 8.97. The summed E-state index contributed by atoms with van der Waals surface area (Å²) in [5.41, 5.74) is 17.9. The lowest BCUT2D eigenvalue weighted by molar-refractivity contribution is -0.117. The Kier molecular flexibility index (Phi) is 3.23. The van der Waals surface area contributed by atoms with Crippen molar-refractivity contribution >= 4 is 34.1 Å². The summed E-state index contributed by atoms with van der Waals surface area (Å²) in [4.78, 5) is 23.5. The van der Waals surface area contributed by atoms with Crippen molar-refractivity contribution in [3.05, 3.63) is 18.3 Å². The standard InChI is InChI=1S/C11H14N6O2/c12-7-1-6-3-15-16-8(6)2-9(7)17(4-10(13)18)5-11(14)19/h1-3H,4-5,12H2,(H2,13,18)(H2,14,19)(H,15,16). The topological polar surface area (TPSA) is 144 Å². The molecule has 19 heavy (non-hydrogen) atoms. The van der Waals surface area contributed by atoms with Gasteiger partial charge in [-0.25, -0.2) is 0 Å². The number of carbonyl (C=O) groups is 2. The van der Waals surface area contributed by atoms with Gasteiger partial charge in [0.15, 0.2) is 0 Å². The lowest BCUT2D eigenvalue weighted by Gasteiger charge is -2.23. The van der Waals surface area contributed by atoms with Gasteiger partial charge in [-0.3, -0.25) is 14.7 Å². The Morgan fingerprint density at radius 3 is 2.42 bits per heavy atom. The molecule has 8 heteroatoms. The average Bonchev–Trinajstić information content (AvgIpc) is 2.72. The number of benzene rings is 1. The first-order valence-electron chi connectivity index (χ1n) is 5.51. The molecule has 0 unspecified atom stereocenters. The molecule has 1 aromatic heterocycles. The van der Waals surface area contributed by atoms with E-state index in [-0.39, 0.29) is 13.1 Å². The van der Waals surface area contributed by atoms with Gasteiger partial charge in [-0.1, -0.05) is 0 Å². The van der Waals surface area contributed by atoms with Crippen LogP contribution in [0, 0.1) is 0 Å². The van der Waals surface area contributed by atoms with Crippen molar-refractivity contribution in [2.24, 2.45) is 11.5 Å². The second kappa shape index (κ2) is 4.84. The van der Waals surface area contributed by atoms with E-state index in [0.717, 1.165) is 10.9 Å². The van der Waals surface area contributed by atoms with E-state index in [9.17, 15) is 9.59 Å². The van der Waals surface area contributed by atoms with Crippen LogP contribution in [-0.4, -0.2) is 35.1 Å². The number of rotatable bonds is 5. The third-order valence-electron chi connectivity index (χ3n) is 2.62. The van der Waals surface area contributed by atoms with Gasteiger partial charge in [-0.05, 0) is 12.1 Å². The van der Waals surface area contributed by atoms with Crippen molar-refractivity contribution < 1.29 is 9.59 Å². The molecule has 0 aliphatic rings. The van der Waals surface area contributed by atoms with Gasteiger partial charge < -0.3 is 22.1 Å². The number of primary amides is 2. The Bertz CT molecular complexity index is 619. The summed E-state index contributed by atoms with van der Waals surface area (Å²) in [6.45, 7) is -0.292. The molecule has 2 aromatic rings. The van der Waals surface area contributed by atoms with Crippen molar-refractivity contribution in [2.45, 2.75) is 0 Å². The SMILES string of the molecule is NC(=O)CN(CC(N)=O)c1cc2[nH]ncc2cc1N. The van der Waals surface area contributed by atoms with E-state index in [2.05, 4.69) is 10.2 Å². The van der Waals surface area contributed by atoms with E-state index in [4.69, 9.17) is 17.2 Å². The molecule has 8 nitrogen and oxygen atoms in total. The number of anilines is 2. The number of aromatic amines is 1. The van der Waals surface area contributed by atoms with Gasteiger partial charge in [0.25, 0.3) is 0 Å². The van der Waals surface area contributed by atoms with Gasteiger partial charge in [-0.15, -0.1) is 0 Å². The Labute approximate surface area is 108 Å². The van der Waals surface area contributed by atoms with Crippen molar-refractivity contribution in [3.63, 3.8) is 0 Å². The molecule has 0 aliphatic carbocycles. The van der Waals surface area contributed by atoms with Crippen molar-refractivity contribution in [2.75, 3.05) is 23.7 Å². The molecule has 0 spiro atoms. The molecule has 2 amide bonds. The first kappa shape index (κ1) is 12.7. The Morgan fingerprint density at radius 2 is 1.84 bits per heavy atom. The van der Waals surface area contributed by atoms with Crippen LogP contribution in [0.25, 0.3) is 10.9 Å². The van der Waals surface area contributed by atoms with E-state index < -0.39 is 11.8 Å². The molecule has 1 aromatic carbocycles. The van der Waals surface area contributed by atoms with Crippen LogP contribution in [0.4, 0.5) is 11.4 Å². The fourth-order valence-electron chi connectivity index (χ4n) is 1.87. The summed E-state index contributed by atoms with van der Waals surface area (Å²) in [6.07, 6.45) is 1.63. The first-order valence-corrected chi connectivity index (χ1v) is 5.51. The summed E-state index contributed by atoms with van der Waals surface area (Å²) in [6, 6.07) is 3.40. The van der Waals surface area contributed by atoms with Gasteiger partial charge in [0.2, 0.25) is 11.8 Å². The van der Waals surface area contributed by atoms with Crippen molar-refractivity contribution in [3.8, 4) is 0 Å². The molecule has 0 bridgehead atoms. The van der Waals surface area contributed by atoms with E-state index >= 15 is 0 Å². The predicted octanol–water partition coefficient (Wildman–Crippen LogP) is -1.08. The third kappa shape index (κ3) is 2.73. The zero-order valence-corrected chi connectivity index (χ0v) is 10.1. The zero-order chi connectivity index (χ0) is 14.0. The fraction of sp³-hybridized carbons (Fsp3) is 0.182. The Hall–Kier alpha value is -2.77. The number of carbonyl (C=O) groups excluding carboxylic acids is 2. The summed E-state index contributed by atoms with van der Waals surface area (Å²) in [5, 5.41) is 7.50. The number of hydrogen-bond donors (Lipinski definition) is 4. The van der Waals surface area contributed by atoms with Crippen LogP contribution < -0.4 is 22.1 Å². The minimum absolute atomic E-state index is 0.146. The highest BCUT2D eigenvalue weighted by Gasteiger charge is 2.16. The van der Waals surface area contributed by atoms with Crippen LogP contribution in [0.15, 0.2) is 18.3 Å². The molecule has 0 saturated carbocycles. The number of nitrogens with two attached hydrogens (primary N) is 3. The molecule has 0 atom stereocenters. The average molecular weight is 262 g/mol. The number of hydrogen-bond acceptors (Lipinski definition) is 5. The van der Waals surface area contributed by atoms with Gasteiger partial charge in [0.05, 0.1) is 36.2 Å². The van der Waals surface area contributed by atoms with Crippen molar-refractivity contribution in [1.29, 1.82) is 0 Å². The fourth-order valence-corrected chi connectivity index (χ4v) is 1.87. The number of nitrogens with zero attached hydrogens (tertiary/aromatic N) is 2.